The minimum atomic E-state index is -0.565. The van der Waals surface area contributed by atoms with Gasteiger partial charge in [0.2, 0.25) is 5.91 Å². The first kappa shape index (κ1) is 22.7. The molecule has 3 aromatic rings. The fraction of sp³-hybridized carbons (Fsp3) is 0.385. The van der Waals surface area contributed by atoms with Crippen LogP contribution in [0.5, 0.6) is 0 Å². The van der Waals surface area contributed by atoms with Crippen molar-refractivity contribution in [1.29, 1.82) is 0 Å². The first-order valence-corrected chi connectivity index (χ1v) is 11.4. The molecule has 7 nitrogen and oxygen atoms in total. The zero-order valence-electron chi connectivity index (χ0n) is 19.7. The lowest BCUT2D eigenvalue weighted by Gasteiger charge is -2.40. The quantitative estimate of drug-likeness (QED) is 0.649. The van der Waals surface area contributed by atoms with Gasteiger partial charge in [-0.2, -0.15) is 5.10 Å². The molecule has 7 heteroatoms. The summed E-state index contributed by atoms with van der Waals surface area (Å²) in [5, 5.41) is 7.26. The number of nitrogens with zero attached hydrogens (tertiary/aromatic N) is 4. The minimum absolute atomic E-state index is 0.0181. The van der Waals surface area contributed by atoms with Gasteiger partial charge in [0, 0.05) is 49.6 Å². The molecule has 1 aromatic carbocycles. The first-order chi connectivity index (χ1) is 15.8. The molecule has 0 unspecified atom stereocenters. The normalized spacial score (nSPS) is 16.8. The molecule has 33 heavy (non-hydrogen) atoms. The number of hydrogen-bond donors (Lipinski definition) is 1. The molecular weight excluding hydrogens is 414 g/mol. The lowest BCUT2D eigenvalue weighted by molar-refractivity contribution is -0.139. The van der Waals surface area contributed by atoms with Crippen LogP contribution in [0.1, 0.15) is 49.4 Å². The number of hydrogen-bond acceptors (Lipinski definition) is 4. The molecule has 1 atom stereocenters. The van der Waals surface area contributed by atoms with Crippen LogP contribution in [0.4, 0.5) is 0 Å². The molecule has 0 radical (unpaired) electrons. The number of aromatic nitrogens is 3. The molecule has 0 bridgehead atoms. The zero-order valence-corrected chi connectivity index (χ0v) is 19.7. The van der Waals surface area contributed by atoms with Crippen molar-refractivity contribution in [2.24, 2.45) is 0 Å². The van der Waals surface area contributed by atoms with Gasteiger partial charge in [0.15, 0.2) is 0 Å². The van der Waals surface area contributed by atoms with Crippen molar-refractivity contribution in [3.63, 3.8) is 0 Å². The van der Waals surface area contributed by atoms with Gasteiger partial charge in [-0.3, -0.25) is 19.7 Å². The third-order valence-corrected chi connectivity index (χ3v) is 6.18. The van der Waals surface area contributed by atoms with E-state index in [1.165, 1.54) is 0 Å². The zero-order chi connectivity index (χ0) is 23.6. The average molecular weight is 446 g/mol. The maximum atomic E-state index is 13.4. The highest BCUT2D eigenvalue weighted by Gasteiger charge is 2.38. The van der Waals surface area contributed by atoms with Crippen LogP contribution in [-0.2, 0) is 16.6 Å². The predicted molar refractivity (Wildman–Crippen MR) is 128 cm³/mol. The van der Waals surface area contributed by atoms with Crippen molar-refractivity contribution in [2.75, 3.05) is 19.6 Å². The highest BCUT2D eigenvalue weighted by Crippen LogP contribution is 2.25. The Morgan fingerprint density at radius 1 is 1.12 bits per heavy atom. The molecule has 3 heterocycles. The number of piperazine rings is 1. The number of likely N-dealkylation sites (N-methyl/N-ethyl adjacent to an activating group) is 1. The topological polar surface area (TPSA) is 82.2 Å². The van der Waals surface area contributed by atoms with E-state index in [9.17, 15) is 9.59 Å². The van der Waals surface area contributed by atoms with Crippen molar-refractivity contribution < 1.29 is 9.59 Å². The van der Waals surface area contributed by atoms with Crippen molar-refractivity contribution in [2.45, 2.75) is 45.6 Å². The monoisotopic (exact) mass is 445 g/mol. The van der Waals surface area contributed by atoms with Gasteiger partial charge in [-0.05, 0) is 35.7 Å². The molecule has 0 aliphatic carbocycles. The van der Waals surface area contributed by atoms with E-state index in [1.54, 1.807) is 17.2 Å². The molecule has 1 aliphatic rings. The second-order valence-corrected chi connectivity index (χ2v) is 9.50. The Morgan fingerprint density at radius 2 is 1.91 bits per heavy atom. The van der Waals surface area contributed by atoms with Gasteiger partial charge in [-0.1, -0.05) is 51.1 Å². The van der Waals surface area contributed by atoms with Crippen LogP contribution in [-0.4, -0.2) is 62.5 Å². The van der Waals surface area contributed by atoms with Crippen LogP contribution < -0.4 is 0 Å². The SMILES string of the molecule is CCN1CCN(C(=O)c2cc(C(C)(C)C)[nH]n2)[C@@H](Cc2cccc(-c3cccnc3)c2)C1=O. The molecule has 2 amide bonds. The Kier molecular flexibility index (Phi) is 6.31. The number of aromatic amines is 1. The van der Waals surface area contributed by atoms with Crippen LogP contribution in [0.15, 0.2) is 54.9 Å². The summed E-state index contributed by atoms with van der Waals surface area (Å²) in [5.41, 5.74) is 4.16. The Morgan fingerprint density at radius 3 is 2.58 bits per heavy atom. The van der Waals surface area contributed by atoms with Gasteiger partial charge in [0.25, 0.3) is 5.91 Å². The van der Waals surface area contributed by atoms with Crippen molar-refractivity contribution in [3.05, 3.63) is 71.8 Å². The van der Waals surface area contributed by atoms with Crippen LogP contribution in [0.3, 0.4) is 0 Å². The fourth-order valence-electron chi connectivity index (χ4n) is 4.19. The van der Waals surface area contributed by atoms with Gasteiger partial charge in [-0.25, -0.2) is 0 Å². The molecule has 1 N–H and O–H groups in total. The second-order valence-electron chi connectivity index (χ2n) is 9.50. The van der Waals surface area contributed by atoms with E-state index in [4.69, 9.17) is 0 Å². The highest BCUT2D eigenvalue weighted by atomic mass is 16.2. The number of carbonyl (C=O) groups is 2. The molecule has 172 valence electrons. The second kappa shape index (κ2) is 9.17. The van der Waals surface area contributed by atoms with E-state index in [2.05, 4.69) is 42.0 Å². The van der Waals surface area contributed by atoms with E-state index in [-0.39, 0.29) is 17.2 Å². The smallest absolute Gasteiger partial charge is 0.275 e. The fourth-order valence-corrected chi connectivity index (χ4v) is 4.19. The summed E-state index contributed by atoms with van der Waals surface area (Å²) in [5.74, 6) is -0.227. The van der Waals surface area contributed by atoms with Crippen LogP contribution in [0, 0.1) is 0 Å². The summed E-state index contributed by atoms with van der Waals surface area (Å²) >= 11 is 0. The van der Waals surface area contributed by atoms with Crippen molar-refractivity contribution >= 4 is 11.8 Å². The van der Waals surface area contributed by atoms with Gasteiger partial charge in [0.1, 0.15) is 11.7 Å². The van der Waals surface area contributed by atoms with Gasteiger partial charge in [0.05, 0.1) is 0 Å². The summed E-state index contributed by atoms with van der Waals surface area (Å²) in [4.78, 5) is 34.5. The molecule has 1 fully saturated rings. The Balaban J connectivity index is 1.62. The van der Waals surface area contributed by atoms with E-state index in [0.29, 0.717) is 31.7 Å². The summed E-state index contributed by atoms with van der Waals surface area (Å²) < 4.78 is 0. The van der Waals surface area contributed by atoms with Crippen LogP contribution in [0.25, 0.3) is 11.1 Å². The molecule has 0 saturated carbocycles. The number of nitrogens with one attached hydrogen (secondary N) is 1. The van der Waals surface area contributed by atoms with Gasteiger partial charge in [-0.15, -0.1) is 0 Å². The summed E-state index contributed by atoms with van der Waals surface area (Å²) in [6, 6.07) is 13.3. The van der Waals surface area contributed by atoms with Gasteiger partial charge >= 0.3 is 0 Å². The lowest BCUT2D eigenvalue weighted by atomic mass is 9.92. The third kappa shape index (κ3) is 4.82. The number of benzene rings is 1. The van der Waals surface area contributed by atoms with Crippen LogP contribution in [0.2, 0.25) is 0 Å². The van der Waals surface area contributed by atoms with Crippen LogP contribution >= 0.6 is 0 Å². The summed E-state index contributed by atoms with van der Waals surface area (Å²) in [6.45, 7) is 9.82. The maximum Gasteiger partial charge on any atom is 0.275 e. The molecule has 4 rings (SSSR count). The summed E-state index contributed by atoms with van der Waals surface area (Å²) in [7, 11) is 0. The number of rotatable bonds is 5. The molecule has 1 saturated heterocycles. The van der Waals surface area contributed by atoms with Gasteiger partial charge < -0.3 is 9.80 Å². The molecule has 2 aromatic heterocycles. The first-order valence-electron chi connectivity index (χ1n) is 11.4. The Labute approximate surface area is 194 Å². The van der Waals surface area contributed by atoms with E-state index in [0.717, 1.165) is 22.4 Å². The predicted octanol–water partition coefficient (Wildman–Crippen LogP) is 3.68. The maximum absolute atomic E-state index is 13.4. The average Bonchev–Trinajstić information content (AvgIpc) is 3.32. The third-order valence-electron chi connectivity index (χ3n) is 6.18. The Bertz CT molecular complexity index is 1130. The standard InChI is InChI=1S/C26H31N5O2/c1-5-30-12-13-31(24(32)21-16-23(29-28-21)26(2,3)4)22(25(30)33)15-18-8-6-9-19(14-18)20-10-7-11-27-17-20/h6-11,14,16-17,22H,5,12-13,15H2,1-4H3,(H,28,29)/t22-/m0/s1. The van der Waals surface area contributed by atoms with Crippen molar-refractivity contribution in [1.82, 2.24) is 25.0 Å². The number of H-pyrrole nitrogens is 1. The summed E-state index contributed by atoms with van der Waals surface area (Å²) in [6.07, 6.45) is 4.02. The van der Waals surface area contributed by atoms with E-state index >= 15 is 0 Å². The Hall–Kier alpha value is -3.48. The molecule has 1 aliphatic heterocycles. The minimum Gasteiger partial charge on any atom is -0.339 e. The van der Waals surface area contributed by atoms with E-state index in [1.807, 2.05) is 48.4 Å². The van der Waals surface area contributed by atoms with Crippen molar-refractivity contribution in [3.8, 4) is 11.1 Å². The lowest BCUT2D eigenvalue weighted by Crippen LogP contribution is -2.59. The number of pyridine rings is 1. The number of amides is 2. The molecular formula is C26H31N5O2. The van der Waals surface area contributed by atoms with E-state index < -0.39 is 6.04 Å². The largest absolute Gasteiger partial charge is 0.339 e. The highest BCUT2D eigenvalue weighted by molar-refractivity contribution is 5.97. The molecule has 0 spiro atoms. The number of carbonyl (C=O) groups excluding carboxylic acids is 2.